The highest BCUT2D eigenvalue weighted by atomic mass is 79.9. The van der Waals surface area contributed by atoms with Gasteiger partial charge in [0, 0.05) is 16.6 Å². The minimum Gasteiger partial charge on any atom is -0.305 e. The Balaban J connectivity index is 2.07. The molecule has 1 aliphatic rings. The zero-order chi connectivity index (χ0) is 17.4. The van der Waals surface area contributed by atoms with Gasteiger partial charge in [-0.1, -0.05) is 28.1 Å². The number of hydrogen-bond acceptors (Lipinski definition) is 3. The number of hydrogen-bond donors (Lipinski definition) is 0. The van der Waals surface area contributed by atoms with E-state index in [-0.39, 0.29) is 11.7 Å². The van der Waals surface area contributed by atoms with Crippen LogP contribution in [0.4, 0.5) is 14.9 Å². The molecular weight excluding hydrogens is 377 g/mol. The van der Waals surface area contributed by atoms with E-state index in [4.69, 9.17) is 0 Å². The molecule has 1 fully saturated rings. The second-order valence-electron chi connectivity index (χ2n) is 5.77. The monoisotopic (exact) mass is 391 g/mol. The van der Waals surface area contributed by atoms with Crippen molar-refractivity contribution in [2.45, 2.75) is 25.9 Å². The molecule has 0 saturated carbocycles. The number of benzene rings is 1. The molecule has 124 valence electrons. The maximum absolute atomic E-state index is 13.5. The van der Waals surface area contributed by atoms with Gasteiger partial charge in [0.2, 0.25) is 0 Å². The summed E-state index contributed by atoms with van der Waals surface area (Å²) in [5.74, 6) is -1.01. The SMILES string of the molecule is CC(C)N1C(=O)N(c2cncc(F)c2)C(=O)C1c1ccc(Br)cc1. The molecule has 1 aromatic heterocycles. The number of urea groups is 1. The lowest BCUT2D eigenvalue weighted by molar-refractivity contribution is -0.120. The van der Waals surface area contributed by atoms with Crippen LogP contribution in [0.25, 0.3) is 0 Å². The lowest BCUT2D eigenvalue weighted by Gasteiger charge is -2.26. The summed E-state index contributed by atoms with van der Waals surface area (Å²) in [7, 11) is 0. The van der Waals surface area contributed by atoms with Crippen molar-refractivity contribution in [3.05, 3.63) is 58.6 Å². The number of nitrogens with zero attached hydrogens (tertiary/aromatic N) is 3. The lowest BCUT2D eigenvalue weighted by atomic mass is 10.0. The first kappa shape index (κ1) is 16.6. The van der Waals surface area contributed by atoms with E-state index in [2.05, 4.69) is 20.9 Å². The molecule has 0 aliphatic carbocycles. The van der Waals surface area contributed by atoms with Crippen molar-refractivity contribution < 1.29 is 14.0 Å². The fraction of sp³-hybridized carbons (Fsp3) is 0.235. The largest absolute Gasteiger partial charge is 0.332 e. The molecule has 0 radical (unpaired) electrons. The van der Waals surface area contributed by atoms with Crippen molar-refractivity contribution in [1.82, 2.24) is 9.88 Å². The molecule has 2 aromatic rings. The molecule has 1 aromatic carbocycles. The predicted octanol–water partition coefficient (Wildman–Crippen LogP) is 3.90. The summed E-state index contributed by atoms with van der Waals surface area (Å²) in [5, 5.41) is 0. The van der Waals surface area contributed by atoms with Gasteiger partial charge in [-0.15, -0.1) is 0 Å². The summed E-state index contributed by atoms with van der Waals surface area (Å²) in [6.45, 7) is 3.68. The van der Waals surface area contributed by atoms with Crippen LogP contribution in [0.1, 0.15) is 25.5 Å². The highest BCUT2D eigenvalue weighted by Crippen LogP contribution is 2.36. The van der Waals surface area contributed by atoms with Gasteiger partial charge in [-0.05, 0) is 31.5 Å². The molecule has 7 heteroatoms. The van der Waals surface area contributed by atoms with Crippen LogP contribution < -0.4 is 4.90 Å². The van der Waals surface area contributed by atoms with Gasteiger partial charge in [0.15, 0.2) is 0 Å². The first-order chi connectivity index (χ1) is 11.4. The second kappa shape index (κ2) is 6.32. The Bertz CT molecular complexity index is 795. The van der Waals surface area contributed by atoms with Gasteiger partial charge in [-0.25, -0.2) is 14.1 Å². The number of rotatable bonds is 3. The van der Waals surface area contributed by atoms with E-state index >= 15 is 0 Å². The lowest BCUT2D eigenvalue weighted by Crippen LogP contribution is -2.37. The minimum absolute atomic E-state index is 0.135. The molecule has 3 amide bonds. The van der Waals surface area contributed by atoms with Crippen molar-refractivity contribution in [2.75, 3.05) is 4.90 Å². The van der Waals surface area contributed by atoms with Gasteiger partial charge in [-0.2, -0.15) is 0 Å². The van der Waals surface area contributed by atoms with E-state index in [1.165, 1.54) is 11.1 Å². The molecule has 2 heterocycles. The molecule has 1 unspecified atom stereocenters. The number of carbonyl (C=O) groups excluding carboxylic acids is 2. The fourth-order valence-corrected chi connectivity index (χ4v) is 3.05. The van der Waals surface area contributed by atoms with Crippen LogP contribution in [-0.4, -0.2) is 27.9 Å². The van der Waals surface area contributed by atoms with E-state index in [0.29, 0.717) is 5.56 Å². The van der Waals surface area contributed by atoms with Gasteiger partial charge in [0.1, 0.15) is 11.9 Å². The van der Waals surface area contributed by atoms with E-state index < -0.39 is 23.8 Å². The normalized spacial score (nSPS) is 18.0. The van der Waals surface area contributed by atoms with E-state index in [1.807, 2.05) is 26.0 Å². The van der Waals surface area contributed by atoms with Crippen molar-refractivity contribution in [2.24, 2.45) is 0 Å². The first-order valence-electron chi connectivity index (χ1n) is 7.42. The average molecular weight is 392 g/mol. The van der Waals surface area contributed by atoms with Gasteiger partial charge >= 0.3 is 6.03 Å². The first-order valence-corrected chi connectivity index (χ1v) is 8.21. The Kier molecular flexibility index (Phi) is 4.36. The van der Waals surface area contributed by atoms with Crippen LogP contribution in [0.2, 0.25) is 0 Å². The Morgan fingerprint density at radius 1 is 1.17 bits per heavy atom. The molecule has 3 rings (SSSR count). The van der Waals surface area contributed by atoms with Crippen LogP contribution in [-0.2, 0) is 4.79 Å². The van der Waals surface area contributed by atoms with Crippen LogP contribution in [0, 0.1) is 5.82 Å². The molecule has 1 aliphatic heterocycles. The Morgan fingerprint density at radius 2 is 1.83 bits per heavy atom. The maximum Gasteiger partial charge on any atom is 0.332 e. The highest BCUT2D eigenvalue weighted by molar-refractivity contribution is 9.10. The van der Waals surface area contributed by atoms with Crippen LogP contribution in [0.5, 0.6) is 0 Å². The second-order valence-corrected chi connectivity index (χ2v) is 6.69. The molecule has 1 atom stereocenters. The minimum atomic E-state index is -0.742. The fourth-order valence-electron chi connectivity index (χ4n) is 2.79. The smallest absolute Gasteiger partial charge is 0.305 e. The topological polar surface area (TPSA) is 53.5 Å². The number of carbonyl (C=O) groups is 2. The van der Waals surface area contributed by atoms with Crippen LogP contribution in [0.15, 0.2) is 47.2 Å². The van der Waals surface area contributed by atoms with Gasteiger partial charge in [0.05, 0.1) is 18.1 Å². The van der Waals surface area contributed by atoms with E-state index in [9.17, 15) is 14.0 Å². The number of imide groups is 1. The van der Waals surface area contributed by atoms with E-state index in [0.717, 1.165) is 21.6 Å². The summed E-state index contributed by atoms with van der Waals surface area (Å²) in [5.41, 5.74) is 0.840. The Labute approximate surface area is 147 Å². The Hall–Kier alpha value is -2.28. The zero-order valence-electron chi connectivity index (χ0n) is 13.1. The standard InChI is InChI=1S/C17H15BrFN3O2/c1-10(2)21-15(11-3-5-12(18)6-4-11)16(23)22(17(21)24)14-7-13(19)8-20-9-14/h3-10,15H,1-2H3. The summed E-state index contributed by atoms with van der Waals surface area (Å²) >= 11 is 3.36. The third-order valence-corrected chi connectivity index (χ3v) is 4.36. The number of pyridine rings is 1. The number of halogens is 2. The molecular formula is C17H15BrFN3O2. The molecule has 0 bridgehead atoms. The van der Waals surface area contributed by atoms with Gasteiger partial charge in [0.25, 0.3) is 5.91 Å². The quantitative estimate of drug-likeness (QED) is 0.745. The number of amides is 3. The van der Waals surface area contributed by atoms with E-state index in [1.54, 1.807) is 12.1 Å². The molecule has 5 nitrogen and oxygen atoms in total. The molecule has 0 N–H and O–H groups in total. The Morgan fingerprint density at radius 3 is 2.42 bits per heavy atom. The highest BCUT2D eigenvalue weighted by Gasteiger charge is 2.47. The van der Waals surface area contributed by atoms with Crippen molar-refractivity contribution in [1.29, 1.82) is 0 Å². The number of aromatic nitrogens is 1. The molecule has 0 spiro atoms. The third kappa shape index (κ3) is 2.80. The molecule has 1 saturated heterocycles. The summed E-state index contributed by atoms with van der Waals surface area (Å²) in [6, 6.07) is 6.94. The van der Waals surface area contributed by atoms with Gasteiger partial charge < -0.3 is 4.90 Å². The zero-order valence-corrected chi connectivity index (χ0v) is 14.7. The summed E-state index contributed by atoms with van der Waals surface area (Å²) < 4.78 is 14.3. The van der Waals surface area contributed by atoms with Crippen molar-refractivity contribution in [3.63, 3.8) is 0 Å². The van der Waals surface area contributed by atoms with Crippen LogP contribution >= 0.6 is 15.9 Å². The van der Waals surface area contributed by atoms with Crippen molar-refractivity contribution in [3.8, 4) is 0 Å². The molecule has 24 heavy (non-hydrogen) atoms. The predicted molar refractivity (Wildman–Crippen MR) is 90.9 cm³/mol. The summed E-state index contributed by atoms with van der Waals surface area (Å²) in [4.78, 5) is 31.9. The van der Waals surface area contributed by atoms with Gasteiger partial charge in [-0.3, -0.25) is 9.78 Å². The summed E-state index contributed by atoms with van der Waals surface area (Å²) in [6.07, 6.45) is 2.34. The van der Waals surface area contributed by atoms with Crippen molar-refractivity contribution >= 4 is 33.6 Å². The third-order valence-electron chi connectivity index (χ3n) is 3.84. The maximum atomic E-state index is 13.5. The number of anilines is 1. The van der Waals surface area contributed by atoms with Crippen LogP contribution in [0.3, 0.4) is 0 Å². The average Bonchev–Trinajstić information content (AvgIpc) is 2.79.